The van der Waals surface area contributed by atoms with Gasteiger partial charge in [-0.1, -0.05) is 18.2 Å². The van der Waals surface area contributed by atoms with E-state index in [1.165, 1.54) is 0 Å². The van der Waals surface area contributed by atoms with Crippen LogP contribution in [0.3, 0.4) is 0 Å². The summed E-state index contributed by atoms with van der Waals surface area (Å²) in [5.41, 5.74) is 0.718. The first-order chi connectivity index (χ1) is 11.5. The molecule has 24 heavy (non-hydrogen) atoms. The fraction of sp³-hybridized carbons (Fsp3) is 0. The van der Waals surface area contributed by atoms with E-state index in [0.29, 0.717) is 10.9 Å². The highest BCUT2D eigenvalue weighted by molar-refractivity contribution is 7.80. The zero-order valence-corrected chi connectivity index (χ0v) is 12.7. The first-order valence-electron chi connectivity index (χ1n) is 6.62. The molecule has 9 heteroatoms. The molecule has 2 aromatic carbocycles. The lowest BCUT2D eigenvalue weighted by Crippen LogP contribution is -2.06. The number of aromatic nitrogens is 1. The molecule has 0 saturated carbocycles. The average Bonchev–Trinajstić information content (AvgIpc) is 2.86. The van der Waals surface area contributed by atoms with Gasteiger partial charge in [-0.3, -0.25) is 0 Å². The molecule has 0 amide bonds. The van der Waals surface area contributed by atoms with E-state index in [1.54, 1.807) is 24.3 Å². The van der Waals surface area contributed by atoms with Crippen LogP contribution in [0.15, 0.2) is 46.6 Å². The minimum atomic E-state index is -1.57. The Kier molecular flexibility index (Phi) is 4.17. The van der Waals surface area contributed by atoms with Crippen molar-refractivity contribution < 1.29 is 18.3 Å². The van der Waals surface area contributed by atoms with Gasteiger partial charge in [0.25, 0.3) is 0 Å². The van der Waals surface area contributed by atoms with E-state index in [1.807, 2.05) is 0 Å². The molecule has 3 aromatic rings. The number of benzene rings is 2. The van der Waals surface area contributed by atoms with Crippen LogP contribution >= 0.6 is 12.2 Å². The molecular formula is C15H9F3N4OS. The van der Waals surface area contributed by atoms with Crippen LogP contribution in [-0.2, 0) is 0 Å². The van der Waals surface area contributed by atoms with Crippen LogP contribution in [0.4, 0.5) is 24.5 Å². The summed E-state index contributed by atoms with van der Waals surface area (Å²) in [6.07, 6.45) is 0. The maximum Gasteiger partial charge on any atom is 0.218 e. The van der Waals surface area contributed by atoms with Crippen molar-refractivity contribution in [1.82, 2.24) is 4.98 Å². The van der Waals surface area contributed by atoms with E-state index >= 15 is 0 Å². The summed E-state index contributed by atoms with van der Waals surface area (Å²) < 4.78 is 39.2. The van der Waals surface area contributed by atoms with Crippen LogP contribution in [0.25, 0.3) is 10.9 Å². The number of aromatic hydroxyl groups is 1. The van der Waals surface area contributed by atoms with Crippen molar-refractivity contribution in [2.45, 2.75) is 0 Å². The van der Waals surface area contributed by atoms with Crippen molar-refractivity contribution in [2.75, 3.05) is 5.32 Å². The maximum absolute atomic E-state index is 13.1. The zero-order chi connectivity index (χ0) is 17.3. The van der Waals surface area contributed by atoms with Gasteiger partial charge >= 0.3 is 0 Å². The van der Waals surface area contributed by atoms with Crippen LogP contribution in [0.2, 0.25) is 0 Å². The number of thiocarbonyl (C=S) groups is 1. The minimum absolute atomic E-state index is 0.113. The quantitative estimate of drug-likeness (QED) is 0.354. The molecule has 5 nitrogen and oxygen atoms in total. The molecule has 0 radical (unpaired) electrons. The Balaban J connectivity index is 1.81. The Morgan fingerprint density at radius 1 is 1.12 bits per heavy atom. The number of hydrogen-bond donors (Lipinski definition) is 3. The number of nitrogens with zero attached hydrogens (tertiary/aromatic N) is 2. The maximum atomic E-state index is 13.1. The fourth-order valence-electron chi connectivity index (χ4n) is 2.09. The van der Waals surface area contributed by atoms with E-state index in [4.69, 9.17) is 12.2 Å². The first-order valence-corrected chi connectivity index (χ1v) is 7.03. The van der Waals surface area contributed by atoms with Gasteiger partial charge in [0.2, 0.25) is 11.0 Å². The van der Waals surface area contributed by atoms with Crippen LogP contribution in [0.5, 0.6) is 5.88 Å². The second-order valence-electron chi connectivity index (χ2n) is 4.75. The van der Waals surface area contributed by atoms with Crippen LogP contribution in [0, 0.1) is 17.5 Å². The molecule has 0 atom stereocenters. The Hall–Kier alpha value is -2.94. The number of azo groups is 1. The molecule has 0 bridgehead atoms. The number of nitrogens with one attached hydrogen (secondary N) is 2. The minimum Gasteiger partial charge on any atom is -0.493 e. The third-order valence-electron chi connectivity index (χ3n) is 3.14. The SMILES string of the molecule is Oc1[nH]c2ccccc2c1N=NC(=S)Nc1cc(F)c(F)c(F)c1. The molecule has 0 aliphatic rings. The average molecular weight is 350 g/mol. The van der Waals surface area contributed by atoms with Gasteiger partial charge in [-0.05, 0) is 18.3 Å². The summed E-state index contributed by atoms with van der Waals surface area (Å²) >= 11 is 4.89. The molecule has 0 aliphatic carbocycles. The van der Waals surface area contributed by atoms with Crippen molar-refractivity contribution in [3.63, 3.8) is 0 Å². The molecular weight excluding hydrogens is 341 g/mol. The normalized spacial score (nSPS) is 11.3. The molecule has 1 aromatic heterocycles. The van der Waals surface area contributed by atoms with Crippen LogP contribution < -0.4 is 5.32 Å². The van der Waals surface area contributed by atoms with Crippen molar-refractivity contribution in [1.29, 1.82) is 0 Å². The number of hydrogen-bond acceptors (Lipinski definition) is 3. The van der Waals surface area contributed by atoms with Crippen molar-refractivity contribution in [3.05, 3.63) is 53.8 Å². The third kappa shape index (κ3) is 3.06. The van der Waals surface area contributed by atoms with Crippen LogP contribution in [-0.4, -0.2) is 15.2 Å². The largest absolute Gasteiger partial charge is 0.493 e. The molecule has 1 heterocycles. The Labute approximate surface area is 138 Å². The topological polar surface area (TPSA) is 72.8 Å². The molecule has 0 spiro atoms. The van der Waals surface area contributed by atoms with Gasteiger partial charge in [0.05, 0.1) is 5.52 Å². The lowest BCUT2D eigenvalue weighted by Gasteiger charge is -2.04. The lowest BCUT2D eigenvalue weighted by molar-refractivity contribution is 0.448. The van der Waals surface area contributed by atoms with E-state index in [-0.39, 0.29) is 22.4 Å². The molecule has 3 rings (SSSR count). The number of aromatic amines is 1. The third-order valence-corrected chi connectivity index (χ3v) is 3.32. The monoisotopic (exact) mass is 350 g/mol. The number of para-hydroxylation sites is 1. The molecule has 0 saturated heterocycles. The van der Waals surface area contributed by atoms with Crippen molar-refractivity contribution in [2.24, 2.45) is 10.2 Å². The smallest absolute Gasteiger partial charge is 0.218 e. The molecule has 0 fully saturated rings. The van der Waals surface area contributed by atoms with Crippen LogP contribution in [0.1, 0.15) is 0 Å². The van der Waals surface area contributed by atoms with Gasteiger partial charge in [-0.15, -0.1) is 10.2 Å². The van der Waals surface area contributed by atoms with Gasteiger partial charge in [-0.25, -0.2) is 13.2 Å². The molecule has 0 aliphatic heterocycles. The molecule has 122 valence electrons. The Morgan fingerprint density at radius 3 is 2.50 bits per heavy atom. The number of anilines is 1. The number of fused-ring (bicyclic) bond motifs is 1. The highest BCUT2D eigenvalue weighted by Crippen LogP contribution is 2.35. The highest BCUT2D eigenvalue weighted by Gasteiger charge is 2.12. The van der Waals surface area contributed by atoms with Gasteiger partial charge in [-0.2, -0.15) is 0 Å². The van der Waals surface area contributed by atoms with Gasteiger partial charge in [0, 0.05) is 23.2 Å². The Morgan fingerprint density at radius 2 is 1.79 bits per heavy atom. The Bertz CT molecular complexity index is 948. The highest BCUT2D eigenvalue weighted by atomic mass is 32.1. The molecule has 3 N–H and O–H groups in total. The van der Waals surface area contributed by atoms with E-state index < -0.39 is 17.5 Å². The first kappa shape index (κ1) is 15.9. The van der Waals surface area contributed by atoms with Gasteiger partial charge < -0.3 is 15.4 Å². The van der Waals surface area contributed by atoms with E-state index in [2.05, 4.69) is 20.5 Å². The zero-order valence-electron chi connectivity index (χ0n) is 11.8. The predicted octanol–water partition coefficient (Wildman–Crippen LogP) is 4.77. The predicted molar refractivity (Wildman–Crippen MR) is 87.0 cm³/mol. The number of rotatable bonds is 2. The van der Waals surface area contributed by atoms with E-state index in [0.717, 1.165) is 12.1 Å². The second kappa shape index (κ2) is 6.28. The summed E-state index contributed by atoms with van der Waals surface area (Å²) in [5, 5.41) is 20.2. The standard InChI is InChI=1S/C15H9F3N4OS/c16-9-5-7(6-10(17)12(9)18)19-15(24)22-21-13-8-3-1-2-4-11(8)20-14(13)23/h1-6,20,23H,(H,19,24). The van der Waals surface area contributed by atoms with Crippen molar-refractivity contribution in [3.8, 4) is 5.88 Å². The summed E-state index contributed by atoms with van der Waals surface area (Å²) in [7, 11) is 0. The summed E-state index contributed by atoms with van der Waals surface area (Å²) in [5.74, 6) is -4.48. The van der Waals surface area contributed by atoms with Gasteiger partial charge in [0.1, 0.15) is 0 Å². The summed E-state index contributed by atoms with van der Waals surface area (Å²) in [4.78, 5) is 2.72. The second-order valence-corrected chi connectivity index (χ2v) is 5.14. The molecule has 0 unspecified atom stereocenters. The van der Waals surface area contributed by atoms with Gasteiger partial charge in [0.15, 0.2) is 23.1 Å². The number of halogens is 3. The summed E-state index contributed by atoms with van der Waals surface area (Å²) in [6.45, 7) is 0. The lowest BCUT2D eigenvalue weighted by atomic mass is 10.2. The fourth-order valence-corrected chi connectivity index (χ4v) is 2.24. The number of H-pyrrole nitrogens is 1. The van der Waals surface area contributed by atoms with E-state index in [9.17, 15) is 18.3 Å². The van der Waals surface area contributed by atoms with Crippen molar-refractivity contribution >= 4 is 39.6 Å². The summed E-state index contributed by atoms with van der Waals surface area (Å²) in [6, 6.07) is 8.49.